The summed E-state index contributed by atoms with van der Waals surface area (Å²) in [7, 11) is 0.887. The summed E-state index contributed by atoms with van der Waals surface area (Å²) in [5.41, 5.74) is -0.0351. The van der Waals surface area contributed by atoms with Crippen LogP contribution in [0.3, 0.4) is 0 Å². The van der Waals surface area contributed by atoms with Crippen LogP contribution in [-0.4, -0.2) is 46.8 Å². The summed E-state index contributed by atoms with van der Waals surface area (Å²) >= 11 is 0. The van der Waals surface area contributed by atoms with E-state index in [1.165, 1.54) is 6.26 Å². The molecule has 80 valence electrons. The molecule has 0 bridgehead atoms. The highest BCUT2D eigenvalue weighted by Gasteiger charge is 2.20. The molecule has 0 saturated carbocycles. The van der Waals surface area contributed by atoms with Gasteiger partial charge in [-0.05, 0) is 19.5 Å². The van der Waals surface area contributed by atoms with Crippen molar-refractivity contribution in [1.82, 2.24) is 9.62 Å². The van der Waals surface area contributed by atoms with Crippen molar-refractivity contribution in [2.75, 3.05) is 33.4 Å². The Labute approximate surface area is 81.4 Å². The molecule has 0 aliphatic carbocycles. The van der Waals surface area contributed by atoms with Crippen molar-refractivity contribution >= 4 is 10.0 Å². The van der Waals surface area contributed by atoms with E-state index in [4.69, 9.17) is 0 Å². The van der Waals surface area contributed by atoms with Gasteiger partial charge >= 0.3 is 0 Å². The van der Waals surface area contributed by atoms with Crippen molar-refractivity contribution in [3.8, 4) is 0 Å². The van der Waals surface area contributed by atoms with Gasteiger partial charge in [-0.3, -0.25) is 0 Å². The van der Waals surface area contributed by atoms with Crippen molar-refractivity contribution in [2.45, 2.75) is 13.8 Å². The first-order valence-electron chi connectivity index (χ1n) is 4.22. The zero-order chi connectivity index (χ0) is 10.7. The topological polar surface area (TPSA) is 49.4 Å². The Morgan fingerprint density at radius 2 is 1.77 bits per heavy atom. The highest BCUT2D eigenvalue weighted by atomic mass is 32.2. The minimum Gasteiger partial charge on any atom is -0.309 e. The minimum atomic E-state index is -3.06. The summed E-state index contributed by atoms with van der Waals surface area (Å²) in [6.07, 6.45) is 1.18. The molecular weight excluding hydrogens is 188 g/mol. The van der Waals surface area contributed by atoms with Crippen LogP contribution >= 0.6 is 0 Å². The van der Waals surface area contributed by atoms with E-state index in [1.807, 2.05) is 32.8 Å². The lowest BCUT2D eigenvalue weighted by molar-refractivity contribution is 0.242. The normalized spacial score (nSPS) is 13.7. The molecule has 13 heavy (non-hydrogen) atoms. The molecule has 5 heteroatoms. The quantitative estimate of drug-likeness (QED) is 0.698. The lowest BCUT2D eigenvalue weighted by Gasteiger charge is -2.27. The zero-order valence-corrected chi connectivity index (χ0v) is 9.90. The molecule has 0 aliphatic heterocycles. The summed E-state index contributed by atoms with van der Waals surface area (Å²) in [5, 5.41) is 0. The predicted molar refractivity (Wildman–Crippen MR) is 55.2 cm³/mol. The van der Waals surface area contributed by atoms with E-state index in [0.717, 1.165) is 6.54 Å². The molecule has 0 fully saturated rings. The summed E-state index contributed by atoms with van der Waals surface area (Å²) in [6.45, 7) is 5.40. The monoisotopic (exact) mass is 208 g/mol. The van der Waals surface area contributed by atoms with Gasteiger partial charge in [0.1, 0.15) is 0 Å². The van der Waals surface area contributed by atoms with Crippen molar-refractivity contribution < 1.29 is 8.42 Å². The molecule has 0 rings (SSSR count). The number of rotatable bonds is 5. The van der Waals surface area contributed by atoms with Gasteiger partial charge in [-0.15, -0.1) is 0 Å². The van der Waals surface area contributed by atoms with Crippen LogP contribution in [0.15, 0.2) is 0 Å². The molecule has 4 nitrogen and oxygen atoms in total. The van der Waals surface area contributed by atoms with Crippen LogP contribution in [0, 0.1) is 5.41 Å². The fraction of sp³-hybridized carbons (Fsp3) is 1.00. The maximum atomic E-state index is 10.8. The van der Waals surface area contributed by atoms with Gasteiger partial charge in [0.05, 0.1) is 6.26 Å². The van der Waals surface area contributed by atoms with Crippen LogP contribution in [0.25, 0.3) is 0 Å². The second kappa shape index (κ2) is 4.39. The van der Waals surface area contributed by atoms with Gasteiger partial charge in [-0.25, -0.2) is 13.1 Å². The molecule has 0 aromatic heterocycles. The molecule has 1 N–H and O–H groups in total. The van der Waals surface area contributed by atoms with E-state index in [9.17, 15) is 8.42 Å². The van der Waals surface area contributed by atoms with Gasteiger partial charge < -0.3 is 4.90 Å². The third-order valence-electron chi connectivity index (χ3n) is 1.56. The Bertz CT molecular complexity index is 245. The fourth-order valence-electron chi connectivity index (χ4n) is 1.24. The molecule has 0 aliphatic rings. The highest BCUT2D eigenvalue weighted by Crippen LogP contribution is 2.14. The number of sulfonamides is 1. The van der Waals surface area contributed by atoms with Crippen molar-refractivity contribution in [1.29, 1.82) is 0 Å². The molecule has 0 saturated heterocycles. The van der Waals surface area contributed by atoms with E-state index in [1.54, 1.807) is 0 Å². The van der Waals surface area contributed by atoms with Crippen LogP contribution in [0.2, 0.25) is 0 Å². The van der Waals surface area contributed by atoms with Crippen molar-refractivity contribution in [3.05, 3.63) is 0 Å². The molecular formula is C8H20N2O2S. The second-order valence-corrected chi connectivity index (χ2v) is 6.33. The Kier molecular flexibility index (Phi) is 4.35. The van der Waals surface area contributed by atoms with E-state index in [0.29, 0.717) is 6.54 Å². The highest BCUT2D eigenvalue weighted by molar-refractivity contribution is 7.88. The van der Waals surface area contributed by atoms with E-state index >= 15 is 0 Å². The number of hydrogen-bond donors (Lipinski definition) is 1. The summed E-state index contributed by atoms with van der Waals surface area (Å²) in [5.74, 6) is 0. The van der Waals surface area contributed by atoms with Crippen LogP contribution in [0.4, 0.5) is 0 Å². The molecule has 0 heterocycles. The lowest BCUT2D eigenvalue weighted by atomic mass is 9.93. The van der Waals surface area contributed by atoms with E-state index in [-0.39, 0.29) is 5.41 Å². The fourth-order valence-corrected chi connectivity index (χ4v) is 1.89. The molecule has 0 atom stereocenters. The van der Waals surface area contributed by atoms with Crippen molar-refractivity contribution in [2.24, 2.45) is 5.41 Å². The van der Waals surface area contributed by atoms with E-state index in [2.05, 4.69) is 4.72 Å². The lowest BCUT2D eigenvalue weighted by Crippen LogP contribution is -2.39. The summed E-state index contributed by atoms with van der Waals surface area (Å²) in [6, 6.07) is 0. The largest absolute Gasteiger partial charge is 0.309 e. The van der Waals surface area contributed by atoms with Gasteiger partial charge in [0.25, 0.3) is 0 Å². The van der Waals surface area contributed by atoms with Gasteiger partial charge in [0, 0.05) is 13.1 Å². The Morgan fingerprint density at radius 3 is 2.08 bits per heavy atom. The maximum absolute atomic E-state index is 10.8. The molecule has 0 aromatic rings. The smallest absolute Gasteiger partial charge is 0.208 e. The Balaban J connectivity index is 4.04. The first kappa shape index (κ1) is 12.9. The number of nitrogens with zero attached hydrogens (tertiary/aromatic N) is 1. The van der Waals surface area contributed by atoms with E-state index < -0.39 is 10.0 Å². The first-order valence-corrected chi connectivity index (χ1v) is 6.11. The van der Waals surface area contributed by atoms with Gasteiger partial charge in [-0.2, -0.15) is 0 Å². The Morgan fingerprint density at radius 1 is 1.31 bits per heavy atom. The molecule has 0 spiro atoms. The molecule has 0 unspecified atom stereocenters. The zero-order valence-electron chi connectivity index (χ0n) is 9.09. The number of nitrogens with one attached hydrogen (secondary N) is 1. The standard InChI is InChI=1S/C8H20N2O2S/c1-8(2,7-10(3)4)6-9-13(5,11)12/h9H,6-7H2,1-5H3. The predicted octanol–water partition coefficient (Wildman–Crippen LogP) is 0.123. The van der Waals surface area contributed by atoms with Crippen LogP contribution in [0.1, 0.15) is 13.8 Å². The van der Waals surface area contributed by atoms with Crippen molar-refractivity contribution in [3.63, 3.8) is 0 Å². The molecule has 0 radical (unpaired) electrons. The molecule has 0 amide bonds. The second-order valence-electron chi connectivity index (χ2n) is 4.50. The SMILES string of the molecule is CN(C)CC(C)(C)CNS(C)(=O)=O. The maximum Gasteiger partial charge on any atom is 0.208 e. The third kappa shape index (κ3) is 8.21. The average Bonchev–Trinajstić information content (AvgIpc) is 1.79. The Hall–Kier alpha value is -0.130. The first-order chi connectivity index (χ1) is 5.62. The van der Waals surface area contributed by atoms with Crippen LogP contribution < -0.4 is 4.72 Å². The third-order valence-corrected chi connectivity index (χ3v) is 2.23. The van der Waals surface area contributed by atoms with Crippen LogP contribution in [-0.2, 0) is 10.0 Å². The minimum absolute atomic E-state index is 0.0351. The average molecular weight is 208 g/mol. The van der Waals surface area contributed by atoms with Crippen LogP contribution in [0.5, 0.6) is 0 Å². The van der Waals surface area contributed by atoms with Gasteiger partial charge in [-0.1, -0.05) is 13.8 Å². The number of hydrogen-bond acceptors (Lipinski definition) is 3. The summed E-state index contributed by atoms with van der Waals surface area (Å²) in [4.78, 5) is 2.05. The molecule has 0 aromatic carbocycles. The summed E-state index contributed by atoms with van der Waals surface area (Å²) < 4.78 is 24.2. The van der Waals surface area contributed by atoms with Gasteiger partial charge in [0.2, 0.25) is 10.0 Å². The van der Waals surface area contributed by atoms with Gasteiger partial charge in [0.15, 0.2) is 0 Å².